The molecule has 0 amide bonds. The minimum atomic E-state index is -2.58. The van der Waals surface area contributed by atoms with Crippen molar-refractivity contribution in [1.29, 1.82) is 0 Å². The SMILES string of the molecule is [2H]C([2H])([2H])[n+]1[c-]n2c3c4c(ccc31)Oc1ccoc1B4[n+]1c-2[c-]c(Oc2[c-]c3c(cc2)c2ccccc2n3-c2cc(C(C)(C)C)ccn2)cc1N(c1nc2ccccc2[nH]1)c1c(C)cccc1C.[Pt]. The fourth-order valence-electron chi connectivity index (χ4n) is 9.77. The zero-order valence-electron chi connectivity index (χ0n) is 39.4. The van der Waals surface area contributed by atoms with Gasteiger partial charge in [-0.25, -0.2) is 9.88 Å². The van der Waals surface area contributed by atoms with Gasteiger partial charge in [-0.2, -0.15) is 17.1 Å². The standard InChI is InChI=1S/C53H40BN8O3.Pt/c1-31-12-11-13-32(2)49(31)61(52-56-38-15-8-9-16-39(38)57-52)47-29-35(28-46-59-30-58(6)41-20-21-43-48(50(41)59)54(62(46)47)51-44(65-43)23-25-63-51)64-34-18-19-37-36-14-7-10-17-40(36)60(42(37)27-34)45-26-33(22-24-55-45)53(3,4)5;/h7-26,29H,1-6H3,(H,56,57);/q-1;/i6D3;. The van der Waals surface area contributed by atoms with Crippen LogP contribution >= 0.6 is 0 Å². The Hall–Kier alpha value is -7.43. The first kappa shape index (κ1) is 36.9. The van der Waals surface area contributed by atoms with Gasteiger partial charge >= 0.3 is 6.85 Å². The number of benzene rings is 5. The first-order chi connectivity index (χ1) is 32.8. The van der Waals surface area contributed by atoms with Gasteiger partial charge in [-0.1, -0.05) is 87.0 Å². The maximum absolute atomic E-state index is 8.66. The van der Waals surface area contributed by atoms with Crippen molar-refractivity contribution in [3.8, 4) is 34.6 Å². The third-order valence-electron chi connectivity index (χ3n) is 12.8. The summed E-state index contributed by atoms with van der Waals surface area (Å²) < 4.78 is 53.0. The summed E-state index contributed by atoms with van der Waals surface area (Å²) >= 11 is 0. The number of nitrogens with one attached hydrogen (secondary N) is 1. The largest absolute Gasteiger partial charge is 0.522 e. The van der Waals surface area contributed by atoms with Gasteiger partial charge in [0.2, 0.25) is 6.33 Å². The Morgan fingerprint density at radius 3 is 2.53 bits per heavy atom. The third-order valence-corrected chi connectivity index (χ3v) is 12.8. The van der Waals surface area contributed by atoms with E-state index in [0.717, 1.165) is 61.0 Å². The third kappa shape index (κ3) is 5.87. The second kappa shape index (κ2) is 14.5. The quantitative estimate of drug-likeness (QED) is 0.101. The average Bonchev–Trinajstić information content (AvgIpc) is 4.12. The van der Waals surface area contributed by atoms with Gasteiger partial charge in [0.05, 0.1) is 33.9 Å². The molecule has 13 rings (SSSR count). The molecule has 6 aromatic heterocycles. The molecule has 0 saturated carbocycles. The molecule has 0 fully saturated rings. The number of rotatable bonds is 6. The molecule has 2 aliphatic rings. The summed E-state index contributed by atoms with van der Waals surface area (Å²) in [5.74, 6) is 4.23. The molecule has 8 heterocycles. The number of nitrogens with zero attached hydrogens (tertiary/aromatic N) is 7. The number of ether oxygens (including phenoxy) is 2. The van der Waals surface area contributed by atoms with E-state index in [0.29, 0.717) is 62.7 Å². The van der Waals surface area contributed by atoms with Gasteiger partial charge in [0.25, 0.3) is 5.95 Å². The van der Waals surface area contributed by atoms with Crippen LogP contribution in [0, 0.1) is 32.3 Å². The normalized spacial score (nSPS) is 13.5. The van der Waals surface area contributed by atoms with Crippen molar-refractivity contribution < 1.29 is 48.1 Å². The number of aromatic nitrogens is 7. The van der Waals surface area contributed by atoms with Crippen LogP contribution in [0.5, 0.6) is 23.0 Å². The zero-order chi connectivity index (χ0) is 46.4. The minimum absolute atomic E-state index is 0. The molecule has 1 N–H and O–H groups in total. The van der Waals surface area contributed by atoms with Gasteiger partial charge in [-0.15, -0.1) is 17.5 Å². The minimum Gasteiger partial charge on any atom is -0.522 e. The van der Waals surface area contributed by atoms with Crippen LogP contribution in [0.3, 0.4) is 0 Å². The fourth-order valence-corrected chi connectivity index (χ4v) is 9.77. The van der Waals surface area contributed by atoms with Crippen molar-refractivity contribution in [2.75, 3.05) is 4.90 Å². The van der Waals surface area contributed by atoms with Crippen molar-refractivity contribution in [2.24, 2.45) is 6.98 Å². The molecule has 0 atom stereocenters. The van der Waals surface area contributed by atoms with Gasteiger partial charge in [-0.3, -0.25) is 0 Å². The van der Waals surface area contributed by atoms with Gasteiger partial charge in [0.1, 0.15) is 23.1 Å². The first-order valence-electron chi connectivity index (χ1n) is 23.0. The van der Waals surface area contributed by atoms with Crippen LogP contribution in [0.1, 0.15) is 41.6 Å². The van der Waals surface area contributed by atoms with Gasteiger partial charge in [0, 0.05) is 61.4 Å². The summed E-state index contributed by atoms with van der Waals surface area (Å²) in [5, 5.41) is 2.05. The molecule has 5 aromatic carbocycles. The second-order valence-corrected chi connectivity index (χ2v) is 17.8. The van der Waals surface area contributed by atoms with Crippen LogP contribution in [0.4, 0.5) is 17.5 Å². The maximum Gasteiger partial charge on any atom is 0.438 e. The zero-order valence-corrected chi connectivity index (χ0v) is 38.6. The van der Waals surface area contributed by atoms with Crippen molar-refractivity contribution in [3.63, 3.8) is 0 Å². The molecule has 0 bridgehead atoms. The molecule has 324 valence electrons. The summed E-state index contributed by atoms with van der Waals surface area (Å²) in [7, 11) is 0. The van der Waals surface area contributed by atoms with Gasteiger partial charge in [-0.05, 0) is 83.5 Å². The second-order valence-electron chi connectivity index (χ2n) is 17.8. The summed E-state index contributed by atoms with van der Waals surface area (Å²) in [4.78, 5) is 15.8. The number of hydrogen-bond donors (Lipinski definition) is 1. The summed E-state index contributed by atoms with van der Waals surface area (Å²) in [5.41, 5.74) is 9.62. The van der Waals surface area contributed by atoms with Gasteiger partial charge in [0.15, 0.2) is 11.4 Å². The van der Waals surface area contributed by atoms with Crippen LogP contribution in [-0.4, -0.2) is 30.9 Å². The maximum atomic E-state index is 8.66. The molecule has 0 unspecified atom stereocenters. The topological polar surface area (TPSA) is 94.0 Å². The molecule has 0 aliphatic carbocycles. The number of hydrogen-bond acceptors (Lipinski definition) is 6. The molecule has 0 saturated heterocycles. The van der Waals surface area contributed by atoms with Crippen molar-refractivity contribution in [2.45, 2.75) is 40.0 Å². The number of anilines is 3. The number of fused-ring (bicyclic) bond motifs is 9. The Balaban J connectivity index is 0.00000492. The van der Waals surface area contributed by atoms with Crippen LogP contribution in [0.15, 0.2) is 132 Å². The van der Waals surface area contributed by atoms with Crippen LogP contribution in [-0.2, 0) is 33.5 Å². The van der Waals surface area contributed by atoms with E-state index in [1.54, 1.807) is 23.0 Å². The molecular formula is C53H40BN8O3Pt-. The Labute approximate surface area is 399 Å². The van der Waals surface area contributed by atoms with Gasteiger partial charge < -0.3 is 37.1 Å². The number of pyridine rings is 2. The summed E-state index contributed by atoms with van der Waals surface area (Å²) in [6.45, 7) is 7.50. The fraction of sp³-hybridized carbons (Fsp3) is 0.132. The summed E-state index contributed by atoms with van der Waals surface area (Å²) in [6, 6.07) is 45.1. The molecule has 11 aromatic rings. The van der Waals surface area contributed by atoms with E-state index in [2.05, 4.69) is 114 Å². The van der Waals surface area contributed by atoms with E-state index in [1.807, 2.05) is 66.9 Å². The molecule has 2 aliphatic heterocycles. The molecule has 0 radical (unpaired) electrons. The molecule has 11 nitrogen and oxygen atoms in total. The number of aryl methyl sites for hydroxylation is 3. The van der Waals surface area contributed by atoms with E-state index in [-0.39, 0.29) is 26.5 Å². The first-order valence-corrected chi connectivity index (χ1v) is 21.5. The van der Waals surface area contributed by atoms with Crippen molar-refractivity contribution >= 4 is 79.3 Å². The predicted octanol–water partition coefficient (Wildman–Crippen LogP) is 9.35. The molecule has 0 spiro atoms. The number of furan rings is 1. The Kier molecular flexibility index (Phi) is 8.12. The number of aromatic amines is 1. The van der Waals surface area contributed by atoms with E-state index in [1.165, 1.54) is 4.57 Å². The predicted molar refractivity (Wildman–Crippen MR) is 252 cm³/mol. The van der Waals surface area contributed by atoms with Crippen LogP contribution < -0.4 is 34.5 Å². The Bertz CT molecular complexity index is 3870. The molecule has 66 heavy (non-hydrogen) atoms. The average molecular weight is 1050 g/mol. The Morgan fingerprint density at radius 2 is 1.70 bits per heavy atom. The van der Waals surface area contributed by atoms with Crippen LogP contribution in [0.2, 0.25) is 0 Å². The molecular weight excluding hydrogens is 1000 g/mol. The smallest absolute Gasteiger partial charge is 0.438 e. The van der Waals surface area contributed by atoms with E-state index in [4.69, 9.17) is 28.0 Å². The van der Waals surface area contributed by atoms with Crippen LogP contribution in [0.25, 0.3) is 55.5 Å². The van der Waals surface area contributed by atoms with E-state index < -0.39 is 13.8 Å². The van der Waals surface area contributed by atoms with E-state index in [9.17, 15) is 0 Å². The van der Waals surface area contributed by atoms with E-state index >= 15 is 0 Å². The monoisotopic (exact) mass is 1050 g/mol. The summed E-state index contributed by atoms with van der Waals surface area (Å²) in [6.07, 6.45) is 6.69. The molecule has 13 heteroatoms. The number of H-pyrrole nitrogens is 1. The number of imidazole rings is 2. The number of para-hydroxylation sites is 4. The van der Waals surface area contributed by atoms with Crippen molar-refractivity contribution in [3.05, 3.63) is 163 Å². The Morgan fingerprint density at radius 1 is 0.864 bits per heavy atom. The van der Waals surface area contributed by atoms with Crippen molar-refractivity contribution in [1.82, 2.24) is 24.1 Å².